The van der Waals surface area contributed by atoms with E-state index in [1.807, 2.05) is 18.7 Å². The van der Waals surface area contributed by atoms with E-state index in [0.717, 1.165) is 17.8 Å². The number of nitrogens with zero attached hydrogens (tertiary/aromatic N) is 2. The molecule has 2 aromatic rings. The Kier molecular flexibility index (Phi) is 4.62. The Hall–Kier alpha value is -1.59. The molecule has 0 saturated carbocycles. The fraction of sp³-hybridized carbons (Fsp3) is 0.533. The van der Waals surface area contributed by atoms with Crippen LogP contribution in [0.25, 0.3) is 0 Å². The fourth-order valence-electron chi connectivity index (χ4n) is 2.58. The van der Waals surface area contributed by atoms with Gasteiger partial charge in [-0.2, -0.15) is 5.10 Å². The summed E-state index contributed by atoms with van der Waals surface area (Å²) in [5.41, 5.74) is 3.42. The largest absolute Gasteiger partial charge is 0.467 e. The number of nitrogens with one attached hydrogen (secondary N) is 1. The Labute approximate surface area is 119 Å². The van der Waals surface area contributed by atoms with Crippen molar-refractivity contribution < 1.29 is 9.52 Å². The lowest BCUT2D eigenvalue weighted by molar-refractivity contribution is 0.143. The summed E-state index contributed by atoms with van der Waals surface area (Å²) in [6.45, 7) is 6.68. The lowest BCUT2D eigenvalue weighted by atomic mass is 10.0. The third kappa shape index (κ3) is 2.94. The van der Waals surface area contributed by atoms with Gasteiger partial charge in [0.1, 0.15) is 11.9 Å². The zero-order valence-electron chi connectivity index (χ0n) is 12.6. The van der Waals surface area contributed by atoms with Crippen molar-refractivity contribution in [3.63, 3.8) is 0 Å². The molecule has 20 heavy (non-hydrogen) atoms. The highest BCUT2D eigenvalue weighted by Gasteiger charge is 2.20. The first-order chi connectivity index (χ1) is 9.54. The molecule has 5 nitrogen and oxygen atoms in total. The molecule has 0 saturated heterocycles. The van der Waals surface area contributed by atoms with Gasteiger partial charge < -0.3 is 14.8 Å². The van der Waals surface area contributed by atoms with E-state index in [1.54, 1.807) is 18.4 Å². The monoisotopic (exact) mass is 277 g/mol. The van der Waals surface area contributed by atoms with Crippen molar-refractivity contribution in [2.45, 2.75) is 39.3 Å². The van der Waals surface area contributed by atoms with Gasteiger partial charge in [-0.1, -0.05) is 6.92 Å². The molecule has 0 fully saturated rings. The molecule has 2 unspecified atom stereocenters. The van der Waals surface area contributed by atoms with Crippen LogP contribution >= 0.6 is 0 Å². The Morgan fingerprint density at radius 1 is 1.45 bits per heavy atom. The maximum atomic E-state index is 10.1. The van der Waals surface area contributed by atoms with Crippen molar-refractivity contribution in [3.8, 4) is 0 Å². The molecule has 0 bridgehead atoms. The lowest BCUT2D eigenvalue weighted by Gasteiger charge is -2.19. The third-order valence-corrected chi connectivity index (χ3v) is 3.75. The topological polar surface area (TPSA) is 63.2 Å². The Bertz CT molecular complexity index is 546. The summed E-state index contributed by atoms with van der Waals surface area (Å²) in [6.07, 6.45) is 1.89. The van der Waals surface area contributed by atoms with Gasteiger partial charge in [0.05, 0.1) is 12.0 Å². The molecule has 0 aliphatic heterocycles. The predicted octanol–water partition coefficient (Wildman–Crippen LogP) is 2.40. The highest BCUT2D eigenvalue weighted by atomic mass is 16.4. The number of aromatic nitrogens is 2. The van der Waals surface area contributed by atoms with Crippen molar-refractivity contribution in [3.05, 3.63) is 41.1 Å². The minimum Gasteiger partial charge on any atom is -0.467 e. The number of aliphatic hydroxyl groups excluding tert-OH is 1. The van der Waals surface area contributed by atoms with E-state index >= 15 is 0 Å². The van der Waals surface area contributed by atoms with E-state index in [9.17, 15) is 5.11 Å². The minimum atomic E-state index is -0.628. The number of furan rings is 1. The molecular weight excluding hydrogens is 254 g/mol. The first kappa shape index (κ1) is 14.8. The quantitative estimate of drug-likeness (QED) is 0.851. The van der Waals surface area contributed by atoms with Crippen molar-refractivity contribution in [1.82, 2.24) is 15.1 Å². The molecule has 110 valence electrons. The minimum absolute atomic E-state index is 0.188. The van der Waals surface area contributed by atoms with Gasteiger partial charge in [0, 0.05) is 30.9 Å². The van der Waals surface area contributed by atoms with Gasteiger partial charge >= 0.3 is 0 Å². The molecule has 2 N–H and O–H groups in total. The summed E-state index contributed by atoms with van der Waals surface area (Å²) in [7, 11) is 1.95. The molecule has 0 aliphatic rings. The van der Waals surface area contributed by atoms with E-state index in [2.05, 4.69) is 24.3 Å². The maximum Gasteiger partial charge on any atom is 0.133 e. The van der Waals surface area contributed by atoms with Crippen LogP contribution in [0.15, 0.2) is 22.8 Å². The number of rotatable bonds is 6. The second-order valence-electron chi connectivity index (χ2n) is 5.11. The van der Waals surface area contributed by atoms with E-state index in [0.29, 0.717) is 12.3 Å². The Morgan fingerprint density at radius 3 is 2.70 bits per heavy atom. The van der Waals surface area contributed by atoms with Gasteiger partial charge in [-0.25, -0.2) is 0 Å². The smallest absolute Gasteiger partial charge is 0.133 e. The normalized spacial score (nSPS) is 14.4. The summed E-state index contributed by atoms with van der Waals surface area (Å²) < 4.78 is 7.11. The number of hydrogen-bond acceptors (Lipinski definition) is 4. The summed E-state index contributed by atoms with van der Waals surface area (Å²) in [6, 6.07) is 3.76. The van der Waals surface area contributed by atoms with Crippen LogP contribution in [0.1, 0.15) is 48.2 Å². The van der Waals surface area contributed by atoms with Gasteiger partial charge in [-0.15, -0.1) is 0 Å². The molecule has 0 spiro atoms. The van der Waals surface area contributed by atoms with Gasteiger partial charge in [-0.3, -0.25) is 4.68 Å². The zero-order chi connectivity index (χ0) is 14.7. The highest BCUT2D eigenvalue weighted by Crippen LogP contribution is 2.24. The molecule has 0 aromatic carbocycles. The molecule has 2 aromatic heterocycles. The van der Waals surface area contributed by atoms with Crippen LogP contribution in [-0.4, -0.2) is 21.4 Å². The molecule has 2 heterocycles. The standard InChI is InChI=1S/C15H23N3O2/c1-5-12(15-10(2)17-18(4)11(15)3)16-9-13(19)14-7-6-8-20-14/h6-8,12-13,16,19H,5,9H2,1-4H3. The number of aliphatic hydroxyl groups is 1. The predicted molar refractivity (Wildman–Crippen MR) is 77.4 cm³/mol. The van der Waals surface area contributed by atoms with E-state index in [-0.39, 0.29) is 6.04 Å². The third-order valence-electron chi connectivity index (χ3n) is 3.75. The van der Waals surface area contributed by atoms with Crippen LogP contribution in [0.5, 0.6) is 0 Å². The van der Waals surface area contributed by atoms with Crippen molar-refractivity contribution in [2.75, 3.05) is 6.54 Å². The fourth-order valence-corrected chi connectivity index (χ4v) is 2.58. The second kappa shape index (κ2) is 6.24. The molecule has 0 aliphatic carbocycles. The van der Waals surface area contributed by atoms with Crippen LogP contribution in [0.2, 0.25) is 0 Å². The number of hydrogen-bond donors (Lipinski definition) is 2. The van der Waals surface area contributed by atoms with Crippen LogP contribution in [-0.2, 0) is 7.05 Å². The second-order valence-corrected chi connectivity index (χ2v) is 5.11. The summed E-state index contributed by atoms with van der Waals surface area (Å²) in [5.74, 6) is 0.590. The average Bonchev–Trinajstić information content (AvgIpc) is 3.03. The summed E-state index contributed by atoms with van der Waals surface area (Å²) >= 11 is 0. The summed E-state index contributed by atoms with van der Waals surface area (Å²) in [4.78, 5) is 0. The number of aryl methyl sites for hydroxylation is 2. The van der Waals surface area contributed by atoms with Crippen molar-refractivity contribution in [1.29, 1.82) is 0 Å². The molecule has 0 amide bonds. The van der Waals surface area contributed by atoms with Crippen molar-refractivity contribution >= 4 is 0 Å². The van der Waals surface area contributed by atoms with Gasteiger partial charge in [0.15, 0.2) is 0 Å². The van der Waals surface area contributed by atoms with E-state index < -0.39 is 6.10 Å². The molecule has 2 rings (SSSR count). The molecule has 5 heteroatoms. The van der Waals surface area contributed by atoms with Gasteiger partial charge in [0.25, 0.3) is 0 Å². The van der Waals surface area contributed by atoms with Crippen LogP contribution < -0.4 is 5.32 Å². The lowest BCUT2D eigenvalue weighted by Crippen LogP contribution is -2.26. The van der Waals surface area contributed by atoms with E-state index in [4.69, 9.17) is 4.42 Å². The SMILES string of the molecule is CCC(NCC(O)c1ccco1)c1c(C)nn(C)c1C. The maximum absolute atomic E-state index is 10.1. The Balaban J connectivity index is 2.06. The molecule has 2 atom stereocenters. The van der Waals surface area contributed by atoms with Gasteiger partial charge in [-0.05, 0) is 32.4 Å². The van der Waals surface area contributed by atoms with Crippen LogP contribution in [0, 0.1) is 13.8 Å². The van der Waals surface area contributed by atoms with Crippen LogP contribution in [0.3, 0.4) is 0 Å². The molecular formula is C15H23N3O2. The highest BCUT2D eigenvalue weighted by molar-refractivity contribution is 5.28. The summed E-state index contributed by atoms with van der Waals surface area (Å²) in [5, 5.41) is 17.9. The molecule has 0 radical (unpaired) electrons. The van der Waals surface area contributed by atoms with Crippen LogP contribution in [0.4, 0.5) is 0 Å². The van der Waals surface area contributed by atoms with Gasteiger partial charge in [0.2, 0.25) is 0 Å². The Morgan fingerprint density at radius 2 is 2.20 bits per heavy atom. The first-order valence-electron chi connectivity index (χ1n) is 6.99. The first-order valence-corrected chi connectivity index (χ1v) is 6.99. The average molecular weight is 277 g/mol. The van der Waals surface area contributed by atoms with Crippen molar-refractivity contribution in [2.24, 2.45) is 7.05 Å². The zero-order valence-corrected chi connectivity index (χ0v) is 12.6. The van der Waals surface area contributed by atoms with E-state index in [1.165, 1.54) is 5.56 Å².